The lowest BCUT2D eigenvalue weighted by atomic mass is 9.85. The fourth-order valence-electron chi connectivity index (χ4n) is 3.52. The predicted octanol–water partition coefficient (Wildman–Crippen LogP) is 2.50. The molecule has 17 heavy (non-hydrogen) atoms. The third-order valence-corrected chi connectivity index (χ3v) is 4.40. The van der Waals surface area contributed by atoms with E-state index in [2.05, 4.69) is 11.0 Å². The molecule has 0 aromatic carbocycles. The van der Waals surface area contributed by atoms with Crippen LogP contribution in [0.1, 0.15) is 43.6 Å². The minimum atomic E-state index is 0.506. The van der Waals surface area contributed by atoms with Crippen molar-refractivity contribution in [3.8, 4) is 0 Å². The van der Waals surface area contributed by atoms with Crippen molar-refractivity contribution >= 4 is 0 Å². The van der Waals surface area contributed by atoms with Gasteiger partial charge in [0.05, 0.1) is 13.1 Å². The van der Waals surface area contributed by atoms with Crippen LogP contribution < -0.4 is 5.73 Å². The van der Waals surface area contributed by atoms with E-state index in [1.54, 1.807) is 0 Å². The average Bonchev–Trinajstić information content (AvgIpc) is 2.97. The van der Waals surface area contributed by atoms with Crippen LogP contribution in [0.2, 0.25) is 0 Å². The minimum Gasteiger partial charge on any atom is -0.463 e. The summed E-state index contributed by atoms with van der Waals surface area (Å²) >= 11 is 0. The third kappa shape index (κ3) is 2.26. The Balaban J connectivity index is 1.65. The maximum atomic E-state index is 5.71. The molecule has 2 heterocycles. The highest BCUT2D eigenvalue weighted by molar-refractivity contribution is 5.07. The molecule has 0 amide bonds. The fraction of sp³-hybridized carbons (Fsp3) is 0.714. The van der Waals surface area contributed by atoms with Crippen molar-refractivity contribution in [3.05, 3.63) is 23.7 Å². The zero-order valence-corrected chi connectivity index (χ0v) is 10.4. The molecule has 1 saturated heterocycles. The van der Waals surface area contributed by atoms with Crippen molar-refractivity contribution in [2.75, 3.05) is 6.54 Å². The summed E-state index contributed by atoms with van der Waals surface area (Å²) in [6, 6.07) is 4.90. The molecule has 3 heteroatoms. The quantitative estimate of drug-likeness (QED) is 0.873. The van der Waals surface area contributed by atoms with Gasteiger partial charge in [-0.1, -0.05) is 12.8 Å². The number of hydrogen-bond donors (Lipinski definition) is 1. The molecule has 1 aromatic heterocycles. The van der Waals surface area contributed by atoms with Crippen molar-refractivity contribution in [2.24, 2.45) is 11.7 Å². The number of nitrogens with zero attached hydrogens (tertiary/aromatic N) is 1. The monoisotopic (exact) mass is 234 g/mol. The van der Waals surface area contributed by atoms with Crippen molar-refractivity contribution in [2.45, 2.75) is 51.2 Å². The van der Waals surface area contributed by atoms with Gasteiger partial charge in [0.15, 0.2) is 0 Å². The molecule has 1 aliphatic heterocycles. The van der Waals surface area contributed by atoms with Crippen LogP contribution in [0.3, 0.4) is 0 Å². The summed E-state index contributed by atoms with van der Waals surface area (Å²) in [4.78, 5) is 2.61. The first-order valence-electron chi connectivity index (χ1n) is 6.88. The van der Waals surface area contributed by atoms with E-state index >= 15 is 0 Å². The van der Waals surface area contributed by atoms with Gasteiger partial charge in [0.1, 0.15) is 11.5 Å². The Morgan fingerprint density at radius 3 is 2.82 bits per heavy atom. The second-order valence-corrected chi connectivity index (χ2v) is 5.44. The summed E-state index contributed by atoms with van der Waals surface area (Å²) in [5.41, 5.74) is 5.57. The molecule has 2 atom stereocenters. The molecule has 2 unspecified atom stereocenters. The highest BCUT2D eigenvalue weighted by Crippen LogP contribution is 2.36. The number of fused-ring (bicyclic) bond motifs is 1. The molecule has 1 aromatic rings. The molecule has 0 bridgehead atoms. The Bertz CT molecular complexity index is 374. The second-order valence-electron chi connectivity index (χ2n) is 5.44. The van der Waals surface area contributed by atoms with Crippen molar-refractivity contribution in [1.82, 2.24) is 4.90 Å². The third-order valence-electron chi connectivity index (χ3n) is 4.40. The number of hydrogen-bond acceptors (Lipinski definition) is 3. The van der Waals surface area contributed by atoms with Gasteiger partial charge in [-0.25, -0.2) is 0 Å². The Morgan fingerprint density at radius 2 is 2.00 bits per heavy atom. The summed E-state index contributed by atoms with van der Waals surface area (Å²) in [6.07, 6.45) is 7.05. The highest BCUT2D eigenvalue weighted by atomic mass is 16.3. The molecule has 94 valence electrons. The van der Waals surface area contributed by atoms with Crippen LogP contribution in [0.4, 0.5) is 0 Å². The first-order chi connectivity index (χ1) is 8.36. The van der Waals surface area contributed by atoms with Gasteiger partial charge in [0.2, 0.25) is 0 Å². The van der Waals surface area contributed by atoms with Crippen LogP contribution in [0.15, 0.2) is 16.5 Å². The van der Waals surface area contributed by atoms with Crippen LogP contribution in [0, 0.1) is 5.92 Å². The van der Waals surface area contributed by atoms with E-state index < -0.39 is 0 Å². The largest absolute Gasteiger partial charge is 0.463 e. The molecular weight excluding hydrogens is 212 g/mol. The van der Waals surface area contributed by atoms with Crippen molar-refractivity contribution in [1.29, 1.82) is 0 Å². The van der Waals surface area contributed by atoms with E-state index in [1.165, 1.54) is 38.6 Å². The summed E-state index contributed by atoms with van der Waals surface area (Å²) in [5, 5.41) is 0. The zero-order valence-electron chi connectivity index (χ0n) is 10.4. The smallest absolute Gasteiger partial charge is 0.118 e. The number of likely N-dealkylation sites (tertiary alicyclic amines) is 1. The van der Waals surface area contributed by atoms with Gasteiger partial charge in [0, 0.05) is 6.04 Å². The molecule has 3 nitrogen and oxygen atoms in total. The SMILES string of the molecule is NCc1ccc(CN2CCC3CCCCC32)o1. The first kappa shape index (κ1) is 11.3. The van der Waals surface area contributed by atoms with Crippen LogP contribution in [-0.4, -0.2) is 17.5 Å². The van der Waals surface area contributed by atoms with E-state index in [0.717, 1.165) is 30.0 Å². The molecule has 1 aliphatic carbocycles. The van der Waals surface area contributed by atoms with E-state index in [-0.39, 0.29) is 0 Å². The first-order valence-corrected chi connectivity index (χ1v) is 6.88. The average molecular weight is 234 g/mol. The molecule has 1 saturated carbocycles. The van der Waals surface area contributed by atoms with Gasteiger partial charge in [-0.05, 0) is 43.9 Å². The van der Waals surface area contributed by atoms with Gasteiger partial charge in [0.25, 0.3) is 0 Å². The van der Waals surface area contributed by atoms with E-state index in [1.807, 2.05) is 6.07 Å². The summed E-state index contributed by atoms with van der Waals surface area (Å²) < 4.78 is 5.71. The van der Waals surface area contributed by atoms with Gasteiger partial charge in [-0.3, -0.25) is 4.90 Å². The fourth-order valence-corrected chi connectivity index (χ4v) is 3.52. The number of furan rings is 1. The summed E-state index contributed by atoms with van der Waals surface area (Å²) in [7, 11) is 0. The lowest BCUT2D eigenvalue weighted by Crippen LogP contribution is -2.34. The van der Waals surface area contributed by atoms with Gasteiger partial charge < -0.3 is 10.2 Å². The molecule has 3 rings (SSSR count). The highest BCUT2D eigenvalue weighted by Gasteiger charge is 2.35. The van der Waals surface area contributed by atoms with Crippen molar-refractivity contribution < 1.29 is 4.42 Å². The molecule has 2 N–H and O–H groups in total. The molecule has 0 radical (unpaired) electrons. The van der Waals surface area contributed by atoms with Gasteiger partial charge in [-0.15, -0.1) is 0 Å². The van der Waals surface area contributed by atoms with Crippen LogP contribution in [0.5, 0.6) is 0 Å². The molecule has 2 aliphatic rings. The van der Waals surface area contributed by atoms with E-state index in [9.17, 15) is 0 Å². The maximum absolute atomic E-state index is 5.71. The second kappa shape index (κ2) is 4.83. The minimum absolute atomic E-state index is 0.506. The Labute approximate surface area is 103 Å². The standard InChI is InChI=1S/C14H22N2O/c15-9-12-5-6-13(17-12)10-16-8-7-11-3-1-2-4-14(11)16/h5-6,11,14H,1-4,7-10,15H2. The lowest BCUT2D eigenvalue weighted by Gasteiger charge is -2.31. The van der Waals surface area contributed by atoms with Crippen LogP contribution in [0.25, 0.3) is 0 Å². The molecule has 0 spiro atoms. The molecular formula is C14H22N2O. The summed E-state index contributed by atoms with van der Waals surface area (Å²) in [5.74, 6) is 2.93. The lowest BCUT2D eigenvalue weighted by molar-refractivity contribution is 0.165. The Hall–Kier alpha value is -0.800. The topological polar surface area (TPSA) is 42.4 Å². The normalized spacial score (nSPS) is 29.5. The molecule has 2 fully saturated rings. The summed E-state index contributed by atoms with van der Waals surface area (Å²) in [6.45, 7) is 2.72. The van der Waals surface area contributed by atoms with Crippen molar-refractivity contribution in [3.63, 3.8) is 0 Å². The Morgan fingerprint density at radius 1 is 1.18 bits per heavy atom. The van der Waals surface area contributed by atoms with E-state index in [0.29, 0.717) is 6.54 Å². The van der Waals surface area contributed by atoms with Crippen LogP contribution >= 0.6 is 0 Å². The Kier molecular flexibility index (Phi) is 3.21. The van der Waals surface area contributed by atoms with Gasteiger partial charge >= 0.3 is 0 Å². The number of rotatable bonds is 3. The van der Waals surface area contributed by atoms with E-state index in [4.69, 9.17) is 10.2 Å². The van der Waals surface area contributed by atoms with Gasteiger partial charge in [-0.2, -0.15) is 0 Å². The zero-order chi connectivity index (χ0) is 11.7. The van der Waals surface area contributed by atoms with Crippen LogP contribution in [-0.2, 0) is 13.1 Å². The maximum Gasteiger partial charge on any atom is 0.118 e. The predicted molar refractivity (Wildman–Crippen MR) is 67.4 cm³/mol. The number of nitrogens with two attached hydrogens (primary N) is 1.